The van der Waals surface area contributed by atoms with Crippen LogP contribution in [0.2, 0.25) is 0 Å². The highest BCUT2D eigenvalue weighted by molar-refractivity contribution is 6.35. The van der Waals surface area contributed by atoms with Crippen LogP contribution in [0.25, 0.3) is 5.57 Å². The lowest BCUT2D eigenvalue weighted by Crippen LogP contribution is -2.47. The molecule has 1 aromatic rings. The third-order valence-electron chi connectivity index (χ3n) is 5.29. The van der Waals surface area contributed by atoms with Crippen LogP contribution in [0.3, 0.4) is 0 Å². The molecular formula is C21H28FN3O3. The Morgan fingerprint density at radius 3 is 2.29 bits per heavy atom. The molecule has 0 saturated carbocycles. The minimum absolute atomic E-state index is 0.259. The molecule has 1 fully saturated rings. The third-order valence-corrected chi connectivity index (χ3v) is 5.29. The highest BCUT2D eigenvalue weighted by Crippen LogP contribution is 2.32. The molecule has 2 aliphatic rings. The van der Waals surface area contributed by atoms with E-state index in [1.54, 1.807) is 12.1 Å². The molecule has 7 heteroatoms. The van der Waals surface area contributed by atoms with Gasteiger partial charge in [0.25, 0.3) is 11.8 Å². The first-order valence-corrected chi connectivity index (χ1v) is 9.98. The number of nitrogens with zero attached hydrogens (tertiary/aromatic N) is 3. The molecule has 0 N–H and O–H groups in total. The molecule has 6 nitrogen and oxygen atoms in total. The molecule has 0 unspecified atom stereocenters. The summed E-state index contributed by atoms with van der Waals surface area (Å²) in [5, 5.41) is 0. The van der Waals surface area contributed by atoms with Crippen molar-refractivity contribution in [1.29, 1.82) is 0 Å². The molecule has 152 valence electrons. The topological polar surface area (TPSA) is 53.1 Å². The summed E-state index contributed by atoms with van der Waals surface area (Å²) in [6.07, 6.45) is 0.596. The number of ether oxygens (including phenoxy) is 1. The summed E-state index contributed by atoms with van der Waals surface area (Å²) in [7, 11) is 0. The molecule has 0 bridgehead atoms. The van der Waals surface area contributed by atoms with Crippen LogP contribution in [0.5, 0.6) is 0 Å². The highest BCUT2D eigenvalue weighted by Gasteiger charge is 2.41. The lowest BCUT2D eigenvalue weighted by atomic mass is 10.0. The van der Waals surface area contributed by atoms with Gasteiger partial charge in [-0.2, -0.15) is 0 Å². The smallest absolute Gasteiger partial charge is 0.277 e. The zero-order valence-corrected chi connectivity index (χ0v) is 16.6. The lowest BCUT2D eigenvalue weighted by molar-refractivity contribution is -0.137. The fraction of sp³-hybridized carbons (Fsp3) is 0.524. The van der Waals surface area contributed by atoms with Gasteiger partial charge in [0, 0.05) is 45.9 Å². The number of carbonyl (C=O) groups is 2. The van der Waals surface area contributed by atoms with Crippen LogP contribution in [0, 0.1) is 5.82 Å². The molecule has 2 aliphatic heterocycles. The number of rotatable bonds is 8. The summed E-state index contributed by atoms with van der Waals surface area (Å²) in [5.41, 5.74) is 1.41. The van der Waals surface area contributed by atoms with E-state index in [2.05, 4.69) is 11.8 Å². The Morgan fingerprint density at radius 1 is 1.00 bits per heavy atom. The second kappa shape index (κ2) is 9.30. The maximum absolute atomic E-state index is 13.4. The van der Waals surface area contributed by atoms with Crippen molar-refractivity contribution in [2.45, 2.75) is 20.3 Å². The molecule has 2 heterocycles. The maximum atomic E-state index is 13.4. The third kappa shape index (κ3) is 4.25. The molecule has 0 atom stereocenters. The van der Waals surface area contributed by atoms with Crippen molar-refractivity contribution in [3.05, 3.63) is 41.3 Å². The monoisotopic (exact) mass is 389 g/mol. The Bertz CT molecular complexity index is 740. The first-order chi connectivity index (χ1) is 13.6. The minimum Gasteiger partial charge on any atom is -0.382 e. The lowest BCUT2D eigenvalue weighted by Gasteiger charge is -2.36. The van der Waals surface area contributed by atoms with Crippen LogP contribution in [0.4, 0.5) is 4.39 Å². The Balaban J connectivity index is 1.88. The Morgan fingerprint density at radius 2 is 1.68 bits per heavy atom. The van der Waals surface area contributed by atoms with Gasteiger partial charge in [0.15, 0.2) is 0 Å². The summed E-state index contributed by atoms with van der Waals surface area (Å²) < 4.78 is 18.7. The van der Waals surface area contributed by atoms with Gasteiger partial charge in [-0.15, -0.1) is 0 Å². The largest absolute Gasteiger partial charge is 0.382 e. The van der Waals surface area contributed by atoms with Gasteiger partial charge >= 0.3 is 0 Å². The molecule has 0 radical (unpaired) electrons. The van der Waals surface area contributed by atoms with Gasteiger partial charge < -0.3 is 14.5 Å². The van der Waals surface area contributed by atoms with Crippen molar-refractivity contribution < 1.29 is 18.7 Å². The van der Waals surface area contributed by atoms with Crippen molar-refractivity contribution in [2.24, 2.45) is 0 Å². The van der Waals surface area contributed by atoms with Gasteiger partial charge in [0.05, 0.1) is 5.57 Å². The fourth-order valence-corrected chi connectivity index (χ4v) is 3.69. The second-order valence-electron chi connectivity index (χ2n) is 6.96. The number of hydrogen-bond donors (Lipinski definition) is 0. The van der Waals surface area contributed by atoms with Crippen LogP contribution in [0.15, 0.2) is 30.0 Å². The van der Waals surface area contributed by atoms with Gasteiger partial charge in [-0.1, -0.05) is 19.1 Å². The molecule has 0 aromatic heterocycles. The number of halogens is 1. The molecule has 0 aliphatic carbocycles. The predicted octanol–water partition coefficient (Wildman–Crippen LogP) is 1.97. The van der Waals surface area contributed by atoms with Crippen molar-refractivity contribution in [3.8, 4) is 0 Å². The summed E-state index contributed by atoms with van der Waals surface area (Å²) in [6, 6.07) is 5.79. The number of likely N-dealkylation sites (N-methyl/N-ethyl adjacent to an activating group) is 1. The molecule has 1 saturated heterocycles. The van der Waals surface area contributed by atoms with E-state index in [-0.39, 0.29) is 17.6 Å². The Labute approximate surface area is 165 Å². The van der Waals surface area contributed by atoms with Crippen molar-refractivity contribution in [3.63, 3.8) is 0 Å². The van der Waals surface area contributed by atoms with E-state index in [0.29, 0.717) is 56.1 Å². The Kier molecular flexibility index (Phi) is 6.80. The predicted molar refractivity (Wildman–Crippen MR) is 105 cm³/mol. The molecule has 0 spiro atoms. The van der Waals surface area contributed by atoms with Crippen LogP contribution in [-0.2, 0) is 14.3 Å². The molecule has 1 aromatic carbocycles. The highest BCUT2D eigenvalue weighted by atomic mass is 19.1. The quantitative estimate of drug-likeness (QED) is 0.503. The summed E-state index contributed by atoms with van der Waals surface area (Å²) in [6.45, 7) is 9.51. The average molecular weight is 389 g/mol. The maximum Gasteiger partial charge on any atom is 0.277 e. The van der Waals surface area contributed by atoms with Gasteiger partial charge in [0.2, 0.25) is 0 Å². The zero-order chi connectivity index (χ0) is 20.1. The summed E-state index contributed by atoms with van der Waals surface area (Å²) in [4.78, 5) is 31.9. The first-order valence-electron chi connectivity index (χ1n) is 9.98. The first kappa shape index (κ1) is 20.5. The van der Waals surface area contributed by atoms with Crippen LogP contribution in [-0.4, -0.2) is 79.0 Å². The van der Waals surface area contributed by atoms with Crippen LogP contribution >= 0.6 is 0 Å². The van der Waals surface area contributed by atoms with Gasteiger partial charge in [-0.3, -0.25) is 14.5 Å². The van der Waals surface area contributed by atoms with E-state index in [9.17, 15) is 14.0 Å². The normalized spacial score (nSPS) is 18.5. The van der Waals surface area contributed by atoms with Crippen LogP contribution in [0.1, 0.15) is 25.8 Å². The number of carbonyl (C=O) groups excluding carboxylic acids is 2. The molecule has 3 rings (SSSR count). The number of benzene rings is 1. The van der Waals surface area contributed by atoms with E-state index >= 15 is 0 Å². The number of imide groups is 1. The van der Waals surface area contributed by atoms with E-state index < -0.39 is 0 Å². The second-order valence-corrected chi connectivity index (χ2v) is 6.96. The molecule has 28 heavy (non-hydrogen) atoms. The van der Waals surface area contributed by atoms with Gasteiger partial charge in [-0.05, 0) is 37.6 Å². The van der Waals surface area contributed by atoms with Gasteiger partial charge in [-0.25, -0.2) is 4.39 Å². The standard InChI is InChI=1S/C21H28FN3O3/c1-3-23-11-13-24(14-12-23)19-18(16-6-8-17(22)9-7-16)20(26)25(21(19)27)10-5-15-28-4-2/h6-9H,3-5,10-15H2,1-2H3. The SMILES string of the molecule is CCOCCCN1C(=O)C(c2ccc(F)cc2)=C(N2CCN(CC)CC2)C1=O. The zero-order valence-electron chi connectivity index (χ0n) is 16.6. The van der Waals surface area contributed by atoms with E-state index in [1.165, 1.54) is 17.0 Å². The molecular weight excluding hydrogens is 361 g/mol. The average Bonchev–Trinajstić information content (AvgIpc) is 2.96. The summed E-state index contributed by atoms with van der Waals surface area (Å²) >= 11 is 0. The van der Waals surface area contributed by atoms with Gasteiger partial charge in [0.1, 0.15) is 11.5 Å². The summed E-state index contributed by atoms with van der Waals surface area (Å²) in [5.74, 6) is -0.931. The van der Waals surface area contributed by atoms with Crippen molar-refractivity contribution >= 4 is 17.4 Å². The number of piperazine rings is 1. The van der Waals surface area contributed by atoms with Crippen LogP contribution < -0.4 is 0 Å². The Hall–Kier alpha value is -2.25. The van der Waals surface area contributed by atoms with Crippen molar-refractivity contribution in [2.75, 3.05) is 52.5 Å². The molecule has 2 amide bonds. The van der Waals surface area contributed by atoms with E-state index in [4.69, 9.17) is 4.74 Å². The fourth-order valence-electron chi connectivity index (χ4n) is 3.69. The number of amides is 2. The van der Waals surface area contributed by atoms with E-state index in [1.807, 2.05) is 11.8 Å². The minimum atomic E-state index is -0.368. The van der Waals surface area contributed by atoms with Crippen molar-refractivity contribution in [1.82, 2.24) is 14.7 Å². The van der Waals surface area contributed by atoms with E-state index in [0.717, 1.165) is 19.6 Å². The number of hydrogen-bond acceptors (Lipinski definition) is 5.